The molecule has 0 aromatic heterocycles. The van der Waals surface area contributed by atoms with Gasteiger partial charge in [0.2, 0.25) is 15.7 Å². The highest BCUT2D eigenvalue weighted by Crippen LogP contribution is 2.25. The average molecular weight is 414 g/mol. The predicted octanol–water partition coefficient (Wildman–Crippen LogP) is 1.78. The lowest BCUT2D eigenvalue weighted by atomic mass is 9.94. The highest BCUT2D eigenvalue weighted by Gasteiger charge is 2.38. The molecule has 2 fully saturated rings. The van der Waals surface area contributed by atoms with E-state index in [1.807, 2.05) is 13.0 Å². The molecule has 3 N–H and O–H groups in total. The highest BCUT2D eigenvalue weighted by atomic mass is 32.2. The van der Waals surface area contributed by atoms with Crippen molar-refractivity contribution in [2.75, 3.05) is 13.1 Å². The molecule has 2 aromatic rings. The van der Waals surface area contributed by atoms with Gasteiger partial charge >= 0.3 is 0 Å². The molecule has 4 rings (SSSR count). The fraction of sp³-hybridized carbons (Fsp3) is 0.409. The van der Waals surface area contributed by atoms with Gasteiger partial charge in [-0.05, 0) is 74.2 Å². The average Bonchev–Trinajstić information content (AvgIpc) is 3.17. The molecule has 2 saturated heterocycles. The number of carbonyl (C=O) groups excluding carboxylic acids is 1. The van der Waals surface area contributed by atoms with Crippen molar-refractivity contribution in [3.8, 4) is 0 Å². The number of piperidine rings is 1. The predicted molar refractivity (Wildman–Crippen MR) is 111 cm³/mol. The van der Waals surface area contributed by atoms with E-state index in [1.165, 1.54) is 0 Å². The van der Waals surface area contributed by atoms with Gasteiger partial charge in [-0.3, -0.25) is 4.79 Å². The number of amides is 1. The van der Waals surface area contributed by atoms with Crippen LogP contribution in [0.25, 0.3) is 0 Å². The Morgan fingerprint density at radius 2 is 1.93 bits per heavy atom. The van der Waals surface area contributed by atoms with Crippen molar-refractivity contribution in [3.05, 3.63) is 59.7 Å². The Morgan fingerprint density at radius 3 is 2.66 bits per heavy atom. The van der Waals surface area contributed by atoms with E-state index in [4.69, 9.17) is 0 Å². The van der Waals surface area contributed by atoms with Gasteiger partial charge in [0.05, 0.1) is 15.8 Å². The molecule has 154 valence electrons. The smallest absolute Gasteiger partial charge is 0.237 e. The van der Waals surface area contributed by atoms with Crippen molar-refractivity contribution in [1.82, 2.24) is 16.0 Å². The number of hydrogen-bond acceptors (Lipinski definition) is 5. The van der Waals surface area contributed by atoms with Crippen molar-refractivity contribution in [2.45, 2.75) is 48.2 Å². The summed E-state index contributed by atoms with van der Waals surface area (Å²) in [6.45, 7) is 4.23. The fourth-order valence-electron chi connectivity index (χ4n) is 4.22. The van der Waals surface area contributed by atoms with Crippen LogP contribution < -0.4 is 16.0 Å². The van der Waals surface area contributed by atoms with Gasteiger partial charge in [0.1, 0.15) is 0 Å². The molecule has 29 heavy (non-hydrogen) atoms. The number of sulfone groups is 1. The standard InChI is InChI=1S/C22H27N3O3S/c1-15-3-2-4-19(11-15)29(27,28)18-7-5-16(6-8-18)13-24-22(26)21-12-17-14-23-10-9-20(17)25-21/h2-8,11,17,20-21,23,25H,9-10,12-14H2,1H3,(H,24,26). The molecule has 2 aliphatic heterocycles. The number of rotatable bonds is 5. The fourth-order valence-corrected chi connectivity index (χ4v) is 5.58. The van der Waals surface area contributed by atoms with Crippen LogP contribution in [0.3, 0.4) is 0 Å². The van der Waals surface area contributed by atoms with E-state index in [0.29, 0.717) is 23.4 Å². The van der Waals surface area contributed by atoms with Crippen LogP contribution in [0.5, 0.6) is 0 Å². The normalized spacial score (nSPS) is 24.1. The third kappa shape index (κ3) is 4.37. The van der Waals surface area contributed by atoms with E-state index in [0.717, 1.165) is 37.1 Å². The van der Waals surface area contributed by atoms with E-state index < -0.39 is 9.84 Å². The Balaban J connectivity index is 1.37. The van der Waals surface area contributed by atoms with Crippen molar-refractivity contribution in [2.24, 2.45) is 5.92 Å². The minimum absolute atomic E-state index is 0.0101. The van der Waals surface area contributed by atoms with Crippen LogP contribution in [0.1, 0.15) is 24.0 Å². The Hall–Kier alpha value is -2.22. The summed E-state index contributed by atoms with van der Waals surface area (Å²) in [5.74, 6) is 0.529. The SMILES string of the molecule is Cc1cccc(S(=O)(=O)c2ccc(CNC(=O)C3CC4CNCCC4N3)cc2)c1. The van der Waals surface area contributed by atoms with E-state index in [1.54, 1.807) is 42.5 Å². The van der Waals surface area contributed by atoms with Crippen LogP contribution >= 0.6 is 0 Å². The Kier molecular flexibility index (Phi) is 5.72. The van der Waals surface area contributed by atoms with E-state index in [2.05, 4.69) is 16.0 Å². The first-order chi connectivity index (χ1) is 13.9. The molecule has 0 saturated carbocycles. The molecule has 2 aliphatic rings. The van der Waals surface area contributed by atoms with Crippen molar-refractivity contribution < 1.29 is 13.2 Å². The molecule has 0 aliphatic carbocycles. The maximum atomic E-state index is 12.8. The highest BCUT2D eigenvalue weighted by molar-refractivity contribution is 7.91. The lowest BCUT2D eigenvalue weighted by Crippen LogP contribution is -2.45. The summed E-state index contributed by atoms with van der Waals surface area (Å²) in [7, 11) is -3.54. The summed E-state index contributed by atoms with van der Waals surface area (Å²) in [5.41, 5.74) is 1.78. The van der Waals surface area contributed by atoms with Crippen LogP contribution in [0.4, 0.5) is 0 Å². The van der Waals surface area contributed by atoms with Gasteiger partial charge in [-0.2, -0.15) is 0 Å². The minimum Gasteiger partial charge on any atom is -0.351 e. The molecular weight excluding hydrogens is 386 g/mol. The van der Waals surface area contributed by atoms with E-state index >= 15 is 0 Å². The Bertz CT molecular complexity index is 975. The first-order valence-electron chi connectivity index (χ1n) is 10.1. The van der Waals surface area contributed by atoms with Gasteiger partial charge in [-0.25, -0.2) is 8.42 Å². The molecule has 2 heterocycles. The van der Waals surface area contributed by atoms with Crippen LogP contribution in [0.2, 0.25) is 0 Å². The lowest BCUT2D eigenvalue weighted by molar-refractivity contribution is -0.123. The number of fused-ring (bicyclic) bond motifs is 1. The molecule has 0 bridgehead atoms. The second kappa shape index (κ2) is 8.26. The van der Waals surface area contributed by atoms with Crippen molar-refractivity contribution in [1.29, 1.82) is 0 Å². The van der Waals surface area contributed by atoms with E-state index in [-0.39, 0.29) is 16.8 Å². The largest absolute Gasteiger partial charge is 0.351 e. The molecule has 3 unspecified atom stereocenters. The lowest BCUT2D eigenvalue weighted by Gasteiger charge is -2.25. The molecule has 0 radical (unpaired) electrons. The summed E-state index contributed by atoms with van der Waals surface area (Å²) < 4.78 is 25.6. The molecule has 7 heteroatoms. The van der Waals surface area contributed by atoms with Gasteiger partial charge in [0, 0.05) is 12.6 Å². The zero-order valence-corrected chi connectivity index (χ0v) is 17.3. The topological polar surface area (TPSA) is 87.3 Å². The summed E-state index contributed by atoms with van der Waals surface area (Å²) in [4.78, 5) is 13.1. The van der Waals surface area contributed by atoms with Crippen molar-refractivity contribution >= 4 is 15.7 Å². The molecule has 0 spiro atoms. The molecule has 3 atom stereocenters. The monoisotopic (exact) mass is 413 g/mol. The third-order valence-corrected chi connectivity index (χ3v) is 7.65. The number of carbonyl (C=O) groups is 1. The molecule has 1 amide bonds. The quantitative estimate of drug-likeness (QED) is 0.696. The maximum absolute atomic E-state index is 12.8. The minimum atomic E-state index is -3.54. The van der Waals surface area contributed by atoms with Crippen molar-refractivity contribution in [3.63, 3.8) is 0 Å². The number of aryl methyl sites for hydroxylation is 1. The molecule has 2 aromatic carbocycles. The van der Waals surface area contributed by atoms with E-state index in [9.17, 15) is 13.2 Å². The van der Waals surface area contributed by atoms with Gasteiger partial charge in [-0.1, -0.05) is 24.3 Å². The second-order valence-electron chi connectivity index (χ2n) is 8.00. The summed E-state index contributed by atoms with van der Waals surface area (Å²) in [6, 6.07) is 13.9. The van der Waals surface area contributed by atoms with Crippen LogP contribution in [-0.2, 0) is 21.2 Å². The van der Waals surface area contributed by atoms with Gasteiger partial charge in [0.15, 0.2) is 0 Å². The number of benzene rings is 2. The maximum Gasteiger partial charge on any atom is 0.237 e. The third-order valence-electron chi connectivity index (χ3n) is 5.88. The van der Waals surface area contributed by atoms with Gasteiger partial charge in [-0.15, -0.1) is 0 Å². The van der Waals surface area contributed by atoms with Crippen LogP contribution in [0, 0.1) is 12.8 Å². The summed E-state index contributed by atoms with van der Waals surface area (Å²) in [5, 5.41) is 9.81. The Morgan fingerprint density at radius 1 is 1.14 bits per heavy atom. The number of nitrogens with one attached hydrogen (secondary N) is 3. The first kappa shape index (κ1) is 20.1. The number of hydrogen-bond donors (Lipinski definition) is 3. The van der Waals surface area contributed by atoms with Gasteiger partial charge in [0.25, 0.3) is 0 Å². The van der Waals surface area contributed by atoms with Crippen LogP contribution in [0.15, 0.2) is 58.3 Å². The zero-order chi connectivity index (χ0) is 20.4. The Labute approximate surface area is 172 Å². The zero-order valence-electron chi connectivity index (χ0n) is 16.5. The first-order valence-corrected chi connectivity index (χ1v) is 11.6. The molecule has 6 nitrogen and oxygen atoms in total. The van der Waals surface area contributed by atoms with Crippen LogP contribution in [-0.4, -0.2) is 39.5 Å². The molecular formula is C22H27N3O3S. The second-order valence-corrected chi connectivity index (χ2v) is 9.95. The summed E-state index contributed by atoms with van der Waals surface area (Å²) in [6.07, 6.45) is 1.92. The van der Waals surface area contributed by atoms with Gasteiger partial charge < -0.3 is 16.0 Å². The summed E-state index contributed by atoms with van der Waals surface area (Å²) >= 11 is 0.